The molecule has 0 saturated carbocycles. The number of hydrogen-bond donors (Lipinski definition) is 4. The Morgan fingerprint density at radius 3 is 2.11 bits per heavy atom. The number of alkyl halides is 8. The third-order valence-corrected chi connectivity index (χ3v) is 5.26. The minimum atomic E-state index is -6.05. The summed E-state index contributed by atoms with van der Waals surface area (Å²) in [5.41, 5.74) is -3.46. The standard InChI is InChI=1S/C20H22F8N4O5/c1-17(37,15(35)29-9-18(21,22)20(26,27)28)16(36)30-11-8-31(6-7-33)12-4-2-3-5-13(12)32(14(11)34)10-19(23,24)25/h2-5,11,33,37H,6-10H2,1H3,(H,29,35)(H,30,36)/t11-,17?/m0/s1. The van der Waals surface area contributed by atoms with E-state index in [2.05, 4.69) is 0 Å². The summed E-state index contributed by atoms with van der Waals surface area (Å²) in [6.45, 7) is -5.00. The molecule has 9 nitrogen and oxygen atoms in total. The fourth-order valence-corrected chi connectivity index (χ4v) is 3.31. The summed E-state index contributed by atoms with van der Waals surface area (Å²) >= 11 is 0. The van der Waals surface area contributed by atoms with Gasteiger partial charge in [-0.15, -0.1) is 0 Å². The molecule has 0 aliphatic carbocycles. The summed E-state index contributed by atoms with van der Waals surface area (Å²) in [5, 5.41) is 22.5. The summed E-state index contributed by atoms with van der Waals surface area (Å²) in [7, 11) is 0. The van der Waals surface area contributed by atoms with Gasteiger partial charge in [-0.1, -0.05) is 12.1 Å². The molecule has 2 atom stereocenters. The van der Waals surface area contributed by atoms with Gasteiger partial charge in [0.1, 0.15) is 12.6 Å². The van der Waals surface area contributed by atoms with Gasteiger partial charge in [0.2, 0.25) is 5.60 Å². The SMILES string of the molecule is CC(O)(C(=O)NCC(F)(F)C(F)(F)F)C(=O)N[C@H]1CN(CCO)c2ccccc2N(CC(F)(F)F)C1=O. The summed E-state index contributed by atoms with van der Waals surface area (Å²) in [6, 6.07) is 3.42. The number of rotatable bonds is 8. The average Bonchev–Trinajstić information content (AvgIpc) is 2.87. The maximum atomic E-state index is 13.3. The van der Waals surface area contributed by atoms with Gasteiger partial charge in [-0.05, 0) is 19.1 Å². The second kappa shape index (κ2) is 10.6. The molecule has 17 heteroatoms. The number of nitrogens with zero attached hydrogens (tertiary/aromatic N) is 2. The molecule has 0 radical (unpaired) electrons. The van der Waals surface area contributed by atoms with Crippen LogP contribution in [0.5, 0.6) is 0 Å². The maximum absolute atomic E-state index is 13.3. The van der Waals surface area contributed by atoms with Crippen molar-refractivity contribution in [3.63, 3.8) is 0 Å². The van der Waals surface area contributed by atoms with Gasteiger partial charge in [0.15, 0.2) is 0 Å². The van der Waals surface area contributed by atoms with E-state index in [1.165, 1.54) is 29.2 Å². The lowest BCUT2D eigenvalue weighted by molar-refractivity contribution is -0.278. The van der Waals surface area contributed by atoms with E-state index in [1.54, 1.807) is 0 Å². The van der Waals surface area contributed by atoms with Crippen LogP contribution in [0.4, 0.5) is 46.5 Å². The first kappa shape index (κ1) is 30.0. The molecule has 1 aromatic carbocycles. The highest BCUT2D eigenvalue weighted by Crippen LogP contribution is 2.36. The van der Waals surface area contributed by atoms with Crippen molar-refractivity contribution in [3.05, 3.63) is 24.3 Å². The van der Waals surface area contributed by atoms with Gasteiger partial charge in [0.05, 0.1) is 24.5 Å². The van der Waals surface area contributed by atoms with E-state index in [1.807, 2.05) is 5.32 Å². The van der Waals surface area contributed by atoms with Crippen LogP contribution >= 0.6 is 0 Å². The predicted octanol–water partition coefficient (Wildman–Crippen LogP) is 0.944. The molecule has 4 N–H and O–H groups in total. The summed E-state index contributed by atoms with van der Waals surface area (Å²) < 4.78 is 103. The molecule has 1 heterocycles. The topological polar surface area (TPSA) is 122 Å². The number of aliphatic hydroxyl groups is 2. The Morgan fingerprint density at radius 1 is 1.03 bits per heavy atom. The first-order chi connectivity index (χ1) is 16.8. The molecule has 2 rings (SSSR count). The van der Waals surface area contributed by atoms with Crippen LogP contribution in [0.15, 0.2) is 24.3 Å². The number of para-hydroxylation sites is 2. The van der Waals surface area contributed by atoms with Crippen LogP contribution in [0.3, 0.4) is 0 Å². The van der Waals surface area contributed by atoms with E-state index in [-0.39, 0.29) is 22.8 Å². The number of aliphatic hydroxyl groups excluding tert-OH is 1. The highest BCUT2D eigenvalue weighted by Gasteiger charge is 2.58. The summed E-state index contributed by atoms with van der Waals surface area (Å²) in [5.74, 6) is -10.5. The number of anilines is 2. The van der Waals surface area contributed by atoms with Crippen LogP contribution in [0, 0.1) is 0 Å². The molecule has 0 spiro atoms. The van der Waals surface area contributed by atoms with Crippen LogP contribution in [-0.2, 0) is 14.4 Å². The number of fused-ring (bicyclic) bond motifs is 1. The van der Waals surface area contributed by atoms with Gasteiger partial charge in [-0.25, -0.2) is 0 Å². The molecular formula is C20H22F8N4O5. The number of hydrogen-bond acceptors (Lipinski definition) is 6. The van der Waals surface area contributed by atoms with Crippen LogP contribution in [-0.4, -0.2) is 90.6 Å². The Balaban J connectivity index is 2.32. The highest BCUT2D eigenvalue weighted by atomic mass is 19.4. The van der Waals surface area contributed by atoms with Crippen LogP contribution in [0.1, 0.15) is 6.92 Å². The molecule has 0 bridgehead atoms. The van der Waals surface area contributed by atoms with Gasteiger partial charge in [0, 0.05) is 13.1 Å². The highest BCUT2D eigenvalue weighted by molar-refractivity contribution is 6.10. The monoisotopic (exact) mass is 550 g/mol. The van der Waals surface area contributed by atoms with E-state index in [4.69, 9.17) is 0 Å². The maximum Gasteiger partial charge on any atom is 0.455 e. The van der Waals surface area contributed by atoms with Crippen molar-refractivity contribution >= 4 is 29.1 Å². The van der Waals surface area contributed by atoms with Gasteiger partial charge >= 0.3 is 18.3 Å². The lowest BCUT2D eigenvalue weighted by atomic mass is 10.0. The fraction of sp³-hybridized carbons (Fsp3) is 0.550. The number of β-amino-alcohol motifs (C(OH)–C–C–N with tert-alkyl or cyclic N) is 1. The Morgan fingerprint density at radius 2 is 1.59 bits per heavy atom. The molecule has 1 aliphatic heterocycles. The molecule has 3 amide bonds. The van der Waals surface area contributed by atoms with E-state index in [0.29, 0.717) is 6.92 Å². The van der Waals surface area contributed by atoms with Crippen molar-refractivity contribution in [2.75, 3.05) is 42.6 Å². The zero-order valence-electron chi connectivity index (χ0n) is 19.0. The van der Waals surface area contributed by atoms with E-state index >= 15 is 0 Å². The number of carbonyl (C=O) groups excluding carboxylic acids is 3. The quantitative estimate of drug-likeness (QED) is 0.283. The zero-order valence-corrected chi connectivity index (χ0v) is 19.0. The molecule has 1 unspecified atom stereocenters. The number of benzene rings is 1. The van der Waals surface area contributed by atoms with Crippen LogP contribution in [0.2, 0.25) is 0 Å². The van der Waals surface area contributed by atoms with Crippen molar-refractivity contribution in [3.8, 4) is 0 Å². The molecule has 0 saturated heterocycles. The number of nitrogens with one attached hydrogen (secondary N) is 2. The first-order valence-corrected chi connectivity index (χ1v) is 10.4. The van der Waals surface area contributed by atoms with E-state index in [9.17, 15) is 59.7 Å². The molecule has 37 heavy (non-hydrogen) atoms. The molecule has 1 aliphatic rings. The molecule has 0 fully saturated rings. The summed E-state index contributed by atoms with van der Waals surface area (Å²) in [4.78, 5) is 39.2. The number of amides is 3. The third kappa shape index (κ3) is 6.97. The zero-order chi connectivity index (χ0) is 28.4. The smallest absolute Gasteiger partial charge is 0.395 e. The Labute approximate surface area is 204 Å². The minimum absolute atomic E-state index is 0.0739. The lowest BCUT2D eigenvalue weighted by Gasteiger charge is -2.29. The Kier molecular flexibility index (Phi) is 8.64. The van der Waals surface area contributed by atoms with Gasteiger partial charge in [-0.2, -0.15) is 35.1 Å². The number of carbonyl (C=O) groups is 3. The van der Waals surface area contributed by atoms with Crippen molar-refractivity contribution in [1.29, 1.82) is 0 Å². The second-order valence-corrected chi connectivity index (χ2v) is 8.18. The van der Waals surface area contributed by atoms with Crippen molar-refractivity contribution < 1.29 is 59.7 Å². The second-order valence-electron chi connectivity index (χ2n) is 8.18. The van der Waals surface area contributed by atoms with Gasteiger partial charge in [0.25, 0.3) is 17.7 Å². The van der Waals surface area contributed by atoms with Crippen molar-refractivity contribution in [1.82, 2.24) is 10.6 Å². The van der Waals surface area contributed by atoms with Crippen LogP contribution in [0.25, 0.3) is 0 Å². The Hall–Kier alpha value is -3.21. The average molecular weight is 550 g/mol. The third-order valence-electron chi connectivity index (χ3n) is 5.26. The molecule has 1 aromatic rings. The lowest BCUT2D eigenvalue weighted by Crippen LogP contribution is -2.62. The predicted molar refractivity (Wildman–Crippen MR) is 111 cm³/mol. The van der Waals surface area contributed by atoms with Gasteiger partial charge < -0.3 is 25.7 Å². The van der Waals surface area contributed by atoms with Crippen LogP contribution < -0.4 is 20.4 Å². The van der Waals surface area contributed by atoms with Crippen molar-refractivity contribution in [2.24, 2.45) is 0 Å². The normalized spacial score (nSPS) is 18.6. The largest absolute Gasteiger partial charge is 0.455 e. The van der Waals surface area contributed by atoms with Crippen molar-refractivity contribution in [2.45, 2.75) is 36.8 Å². The Bertz CT molecular complexity index is 1020. The minimum Gasteiger partial charge on any atom is -0.395 e. The molecular weight excluding hydrogens is 528 g/mol. The van der Waals surface area contributed by atoms with Gasteiger partial charge in [-0.3, -0.25) is 19.3 Å². The first-order valence-electron chi connectivity index (χ1n) is 10.4. The summed E-state index contributed by atoms with van der Waals surface area (Å²) in [6.07, 6.45) is -11.0. The van der Waals surface area contributed by atoms with E-state index in [0.717, 1.165) is 5.32 Å². The van der Waals surface area contributed by atoms with E-state index < -0.39 is 73.9 Å². The fourth-order valence-electron chi connectivity index (χ4n) is 3.31. The number of halogens is 8. The molecule has 0 aromatic heterocycles. The molecule has 208 valence electrons.